The number of para-hydroxylation sites is 1. The van der Waals surface area contributed by atoms with E-state index in [4.69, 9.17) is 9.47 Å². The SMILES string of the molecule is O=C(C1COC1)N1CC2(CCC(N3CCC(c4ccccc4OCCC(F)(F)F)CC3)C2)C1. The average molecular weight is 467 g/mol. The van der Waals surface area contributed by atoms with Gasteiger partial charge in [0.05, 0.1) is 32.2 Å². The molecule has 5 nitrogen and oxygen atoms in total. The van der Waals surface area contributed by atoms with Crippen molar-refractivity contribution in [2.75, 3.05) is 46.0 Å². The topological polar surface area (TPSA) is 42.0 Å². The normalized spacial score (nSPS) is 26.3. The number of ether oxygens (including phenoxy) is 2. The molecule has 1 unspecified atom stereocenters. The third-order valence-electron chi connectivity index (χ3n) is 8.08. The first kappa shape index (κ1) is 23.0. The van der Waals surface area contributed by atoms with Gasteiger partial charge in [-0.25, -0.2) is 0 Å². The molecule has 1 amide bonds. The molecule has 0 aromatic heterocycles. The first-order chi connectivity index (χ1) is 15.8. The second-order valence-electron chi connectivity index (χ2n) is 10.4. The van der Waals surface area contributed by atoms with Crippen LogP contribution >= 0.6 is 0 Å². The lowest BCUT2D eigenvalue weighted by atomic mass is 9.77. The van der Waals surface area contributed by atoms with Crippen molar-refractivity contribution in [1.29, 1.82) is 0 Å². The Hall–Kier alpha value is -1.80. The van der Waals surface area contributed by atoms with Crippen LogP contribution in [0.5, 0.6) is 5.75 Å². The van der Waals surface area contributed by atoms with Crippen molar-refractivity contribution in [2.24, 2.45) is 11.3 Å². The highest BCUT2D eigenvalue weighted by Crippen LogP contribution is 2.48. The summed E-state index contributed by atoms with van der Waals surface area (Å²) in [5, 5.41) is 0. The second kappa shape index (κ2) is 9.10. The fourth-order valence-electron chi connectivity index (χ4n) is 6.13. The summed E-state index contributed by atoms with van der Waals surface area (Å²) < 4.78 is 48.2. The van der Waals surface area contributed by atoms with Crippen molar-refractivity contribution >= 4 is 5.91 Å². The molecule has 1 spiro atoms. The molecule has 8 heteroatoms. The van der Waals surface area contributed by atoms with E-state index in [9.17, 15) is 18.0 Å². The summed E-state index contributed by atoms with van der Waals surface area (Å²) in [6.07, 6.45) is 0.412. The number of hydrogen-bond donors (Lipinski definition) is 0. The largest absolute Gasteiger partial charge is 0.493 e. The van der Waals surface area contributed by atoms with Crippen LogP contribution < -0.4 is 4.74 Å². The molecule has 0 N–H and O–H groups in total. The molecule has 0 bridgehead atoms. The molecule has 1 atom stereocenters. The number of hydrogen-bond acceptors (Lipinski definition) is 4. The van der Waals surface area contributed by atoms with E-state index in [0.717, 1.165) is 44.6 Å². The summed E-state index contributed by atoms with van der Waals surface area (Å²) in [7, 11) is 0. The van der Waals surface area contributed by atoms with Crippen molar-refractivity contribution < 1.29 is 27.4 Å². The molecule has 1 saturated carbocycles. The van der Waals surface area contributed by atoms with Gasteiger partial charge in [0.15, 0.2) is 0 Å². The zero-order chi connectivity index (χ0) is 23.1. The lowest BCUT2D eigenvalue weighted by molar-refractivity contribution is -0.161. The lowest BCUT2D eigenvalue weighted by Gasteiger charge is -2.50. The van der Waals surface area contributed by atoms with Gasteiger partial charge in [-0.15, -0.1) is 0 Å². The van der Waals surface area contributed by atoms with Crippen LogP contribution in [-0.4, -0.2) is 73.9 Å². The van der Waals surface area contributed by atoms with Crippen molar-refractivity contribution in [3.05, 3.63) is 29.8 Å². The number of likely N-dealkylation sites (tertiary alicyclic amines) is 2. The smallest absolute Gasteiger partial charge is 0.392 e. The third-order valence-corrected chi connectivity index (χ3v) is 8.08. The Labute approximate surface area is 193 Å². The maximum atomic E-state index is 12.5. The molecular formula is C25H33F3N2O3. The minimum Gasteiger partial charge on any atom is -0.493 e. The Bertz CT molecular complexity index is 844. The highest BCUT2D eigenvalue weighted by Gasteiger charge is 2.52. The fourth-order valence-corrected chi connectivity index (χ4v) is 6.13. The van der Waals surface area contributed by atoms with Gasteiger partial charge in [0.25, 0.3) is 0 Å². The van der Waals surface area contributed by atoms with Crippen LogP contribution in [0.4, 0.5) is 13.2 Å². The first-order valence-corrected chi connectivity index (χ1v) is 12.2. The predicted molar refractivity (Wildman–Crippen MR) is 117 cm³/mol. The Morgan fingerprint density at radius 2 is 1.85 bits per heavy atom. The van der Waals surface area contributed by atoms with E-state index in [1.54, 1.807) is 6.07 Å². The molecule has 1 aliphatic carbocycles. The Balaban J connectivity index is 1.10. The minimum absolute atomic E-state index is 0.0823. The molecular weight excluding hydrogens is 433 g/mol. The van der Waals surface area contributed by atoms with Gasteiger partial charge in [-0.2, -0.15) is 13.2 Å². The van der Waals surface area contributed by atoms with Crippen molar-refractivity contribution in [3.63, 3.8) is 0 Å². The number of rotatable bonds is 6. The number of halogens is 3. The minimum atomic E-state index is -4.20. The van der Waals surface area contributed by atoms with E-state index in [1.165, 1.54) is 19.3 Å². The molecule has 4 fully saturated rings. The van der Waals surface area contributed by atoms with Gasteiger partial charge in [0.2, 0.25) is 5.91 Å². The van der Waals surface area contributed by atoms with Gasteiger partial charge in [-0.1, -0.05) is 18.2 Å². The summed E-state index contributed by atoms with van der Waals surface area (Å²) in [6.45, 7) is 4.63. The molecule has 33 heavy (non-hydrogen) atoms. The first-order valence-electron chi connectivity index (χ1n) is 12.2. The van der Waals surface area contributed by atoms with Crippen molar-refractivity contribution in [2.45, 2.75) is 56.7 Å². The summed E-state index contributed by atoms with van der Waals surface area (Å²) in [6, 6.07) is 8.13. The maximum absolute atomic E-state index is 12.5. The molecule has 5 rings (SSSR count). The molecule has 1 aromatic rings. The monoisotopic (exact) mass is 466 g/mol. The number of carbonyl (C=O) groups is 1. The van der Waals surface area contributed by atoms with Crippen LogP contribution in [0.2, 0.25) is 0 Å². The Kier molecular flexibility index (Phi) is 6.33. The van der Waals surface area contributed by atoms with Gasteiger partial charge in [0, 0.05) is 24.5 Å². The molecule has 4 aliphatic rings. The van der Waals surface area contributed by atoms with Crippen LogP contribution in [0.1, 0.15) is 50.0 Å². The Morgan fingerprint density at radius 3 is 2.52 bits per heavy atom. The highest BCUT2D eigenvalue weighted by atomic mass is 19.4. The van der Waals surface area contributed by atoms with Crippen molar-refractivity contribution in [1.82, 2.24) is 9.80 Å². The molecule has 3 aliphatic heterocycles. The third kappa shape index (κ3) is 5.02. The zero-order valence-electron chi connectivity index (χ0n) is 19.0. The van der Waals surface area contributed by atoms with E-state index in [-0.39, 0.29) is 18.4 Å². The standard InChI is InChI=1S/C25H33F3N2O3/c26-25(27,28)9-12-33-22-4-2-1-3-21(22)18-6-10-29(11-7-18)20-5-8-24(13-20)16-30(17-24)23(31)19-14-32-15-19/h1-4,18-20H,5-17H2. The molecule has 3 saturated heterocycles. The van der Waals surface area contributed by atoms with Gasteiger partial charge < -0.3 is 19.3 Å². The highest BCUT2D eigenvalue weighted by molar-refractivity contribution is 5.80. The quantitative estimate of drug-likeness (QED) is 0.630. The maximum Gasteiger partial charge on any atom is 0.392 e. The number of alkyl halides is 3. The van der Waals surface area contributed by atoms with E-state index in [2.05, 4.69) is 4.90 Å². The van der Waals surface area contributed by atoms with Gasteiger partial charge in [-0.05, 0) is 62.7 Å². The van der Waals surface area contributed by atoms with Crippen LogP contribution in [0, 0.1) is 11.3 Å². The lowest BCUT2D eigenvalue weighted by Crippen LogP contribution is -2.61. The van der Waals surface area contributed by atoms with Crippen LogP contribution in [-0.2, 0) is 9.53 Å². The summed E-state index contributed by atoms with van der Waals surface area (Å²) in [4.78, 5) is 17.0. The van der Waals surface area contributed by atoms with E-state index >= 15 is 0 Å². The fraction of sp³-hybridized carbons (Fsp3) is 0.720. The predicted octanol–water partition coefficient (Wildman–Crippen LogP) is 4.22. The summed E-state index contributed by atoms with van der Waals surface area (Å²) >= 11 is 0. The van der Waals surface area contributed by atoms with E-state index < -0.39 is 12.6 Å². The van der Waals surface area contributed by atoms with Crippen LogP contribution in [0.15, 0.2) is 24.3 Å². The van der Waals surface area contributed by atoms with E-state index in [1.807, 2.05) is 23.1 Å². The summed E-state index contributed by atoms with van der Waals surface area (Å²) in [5.41, 5.74) is 1.34. The van der Waals surface area contributed by atoms with Gasteiger partial charge in [0.1, 0.15) is 5.75 Å². The number of benzene rings is 1. The average Bonchev–Trinajstić information content (AvgIpc) is 3.17. The van der Waals surface area contributed by atoms with Gasteiger partial charge in [-0.3, -0.25) is 4.79 Å². The molecule has 1 aromatic carbocycles. The zero-order valence-corrected chi connectivity index (χ0v) is 19.0. The number of carbonyl (C=O) groups excluding carboxylic acids is 1. The summed E-state index contributed by atoms with van der Waals surface area (Å²) in [5.74, 6) is 1.27. The molecule has 0 radical (unpaired) electrons. The number of nitrogens with zero attached hydrogens (tertiary/aromatic N) is 2. The van der Waals surface area contributed by atoms with Gasteiger partial charge >= 0.3 is 6.18 Å². The molecule has 182 valence electrons. The number of piperidine rings is 1. The molecule has 3 heterocycles. The van der Waals surface area contributed by atoms with Crippen LogP contribution in [0.25, 0.3) is 0 Å². The van der Waals surface area contributed by atoms with Crippen molar-refractivity contribution in [3.8, 4) is 5.75 Å². The second-order valence-corrected chi connectivity index (χ2v) is 10.4. The number of amides is 1. The Morgan fingerprint density at radius 1 is 1.12 bits per heavy atom. The van der Waals surface area contributed by atoms with Crippen LogP contribution in [0.3, 0.4) is 0 Å². The van der Waals surface area contributed by atoms with E-state index in [0.29, 0.717) is 36.3 Å².